The van der Waals surface area contributed by atoms with Crippen LogP contribution in [0.15, 0.2) is 0 Å². The standard InChI is InChI=1S/C38H77NO3/c1-3-5-6-7-8-9-10-11-12-13-14-15-16-17-18-19-20-21-22-23-24-25-26-27-28-29-30-31-32-33-34-37(41)36(35-40)39-38(42)4-2/h36-37,40-41H,3-35H2,1-2H3,(H,39,42). The third-order valence-electron chi connectivity index (χ3n) is 9.18. The zero-order chi connectivity index (χ0) is 30.8. The van der Waals surface area contributed by atoms with Gasteiger partial charge in [-0.1, -0.05) is 206 Å². The predicted octanol–water partition coefficient (Wildman–Crippen LogP) is 11.3. The number of carbonyl (C=O) groups excluding carboxylic acids is 1. The highest BCUT2D eigenvalue weighted by molar-refractivity contribution is 5.75. The average Bonchev–Trinajstić information content (AvgIpc) is 3.00. The molecule has 0 aromatic carbocycles. The van der Waals surface area contributed by atoms with Crippen LogP contribution in [0.2, 0.25) is 0 Å². The molecule has 0 spiro atoms. The molecule has 0 aromatic rings. The average molecular weight is 596 g/mol. The number of carbonyl (C=O) groups is 1. The molecule has 0 saturated carbocycles. The lowest BCUT2D eigenvalue weighted by atomic mass is 10.0. The second-order valence-electron chi connectivity index (χ2n) is 13.3. The van der Waals surface area contributed by atoms with Gasteiger partial charge in [-0.05, 0) is 6.42 Å². The first-order valence-electron chi connectivity index (χ1n) is 19.2. The molecule has 0 saturated heterocycles. The molecule has 0 aliphatic heterocycles. The second-order valence-corrected chi connectivity index (χ2v) is 13.3. The molecule has 0 radical (unpaired) electrons. The van der Waals surface area contributed by atoms with Crippen molar-refractivity contribution in [3.8, 4) is 0 Å². The van der Waals surface area contributed by atoms with E-state index in [2.05, 4.69) is 12.2 Å². The second kappa shape index (κ2) is 34.9. The predicted molar refractivity (Wildman–Crippen MR) is 184 cm³/mol. The van der Waals surface area contributed by atoms with Crippen LogP contribution in [0.25, 0.3) is 0 Å². The van der Waals surface area contributed by atoms with Gasteiger partial charge >= 0.3 is 0 Å². The van der Waals surface area contributed by atoms with Gasteiger partial charge in [0.05, 0.1) is 18.8 Å². The number of amides is 1. The van der Waals surface area contributed by atoms with Crippen LogP contribution in [0.1, 0.15) is 219 Å². The van der Waals surface area contributed by atoms with E-state index in [9.17, 15) is 15.0 Å². The third kappa shape index (κ3) is 30.8. The maximum atomic E-state index is 11.5. The molecule has 1 amide bonds. The lowest BCUT2D eigenvalue weighted by Crippen LogP contribution is -2.45. The van der Waals surface area contributed by atoms with Crippen molar-refractivity contribution < 1.29 is 15.0 Å². The normalized spacial score (nSPS) is 13.0. The molecular formula is C38H77NO3. The summed E-state index contributed by atoms with van der Waals surface area (Å²) in [5.41, 5.74) is 0. The van der Waals surface area contributed by atoms with E-state index in [-0.39, 0.29) is 12.5 Å². The van der Waals surface area contributed by atoms with Gasteiger partial charge in [-0.2, -0.15) is 0 Å². The lowest BCUT2D eigenvalue weighted by molar-refractivity contribution is -0.122. The van der Waals surface area contributed by atoms with Crippen LogP contribution in [-0.4, -0.2) is 34.9 Å². The summed E-state index contributed by atoms with van der Waals surface area (Å²) in [6, 6.07) is -0.527. The monoisotopic (exact) mass is 596 g/mol. The van der Waals surface area contributed by atoms with Gasteiger partial charge in [-0.15, -0.1) is 0 Å². The maximum absolute atomic E-state index is 11.5. The minimum atomic E-state index is -0.649. The smallest absolute Gasteiger partial charge is 0.220 e. The number of hydrogen-bond donors (Lipinski definition) is 3. The Kier molecular flexibility index (Phi) is 34.4. The van der Waals surface area contributed by atoms with Gasteiger partial charge in [-0.25, -0.2) is 0 Å². The van der Waals surface area contributed by atoms with E-state index in [0.717, 1.165) is 12.8 Å². The van der Waals surface area contributed by atoms with Crippen molar-refractivity contribution >= 4 is 5.91 Å². The Morgan fingerprint density at radius 2 is 0.738 bits per heavy atom. The Morgan fingerprint density at radius 3 is 0.976 bits per heavy atom. The molecule has 2 atom stereocenters. The molecule has 0 aromatic heterocycles. The van der Waals surface area contributed by atoms with Gasteiger partial charge in [0, 0.05) is 6.42 Å². The Bertz CT molecular complexity index is 526. The summed E-state index contributed by atoms with van der Waals surface area (Å²) in [7, 11) is 0. The molecule has 0 heterocycles. The van der Waals surface area contributed by atoms with E-state index in [0.29, 0.717) is 12.8 Å². The van der Waals surface area contributed by atoms with Crippen LogP contribution < -0.4 is 5.32 Å². The van der Waals surface area contributed by atoms with Crippen molar-refractivity contribution in [2.24, 2.45) is 0 Å². The summed E-state index contributed by atoms with van der Waals surface area (Å²) in [6.07, 6.45) is 42.4. The number of nitrogens with one attached hydrogen (secondary N) is 1. The van der Waals surface area contributed by atoms with E-state index >= 15 is 0 Å². The number of aliphatic hydroxyl groups is 2. The molecular weight excluding hydrogens is 518 g/mol. The fourth-order valence-electron chi connectivity index (χ4n) is 6.15. The third-order valence-corrected chi connectivity index (χ3v) is 9.18. The maximum Gasteiger partial charge on any atom is 0.220 e. The van der Waals surface area contributed by atoms with Gasteiger partial charge in [-0.3, -0.25) is 4.79 Å². The van der Waals surface area contributed by atoms with Crippen LogP contribution >= 0.6 is 0 Å². The summed E-state index contributed by atoms with van der Waals surface area (Å²) >= 11 is 0. The zero-order valence-corrected chi connectivity index (χ0v) is 28.8. The molecule has 0 bridgehead atoms. The fourth-order valence-corrected chi connectivity index (χ4v) is 6.15. The molecule has 0 aliphatic rings. The Labute approximate surface area is 264 Å². The van der Waals surface area contributed by atoms with Crippen molar-refractivity contribution in [3.05, 3.63) is 0 Å². The first kappa shape index (κ1) is 41.4. The summed E-state index contributed by atoms with van der Waals surface area (Å²) in [6.45, 7) is 3.87. The molecule has 42 heavy (non-hydrogen) atoms. The van der Waals surface area contributed by atoms with Crippen molar-refractivity contribution in [3.63, 3.8) is 0 Å². The summed E-state index contributed by atoms with van der Waals surface area (Å²) < 4.78 is 0. The van der Waals surface area contributed by atoms with Crippen molar-refractivity contribution in [1.82, 2.24) is 5.32 Å². The van der Waals surface area contributed by atoms with Gasteiger partial charge in [0.15, 0.2) is 0 Å². The number of unbranched alkanes of at least 4 members (excludes halogenated alkanes) is 29. The van der Waals surface area contributed by atoms with Crippen LogP contribution in [0.4, 0.5) is 0 Å². The number of hydrogen-bond acceptors (Lipinski definition) is 3. The van der Waals surface area contributed by atoms with E-state index < -0.39 is 12.1 Å². The molecule has 0 aliphatic carbocycles. The number of rotatable bonds is 35. The molecule has 4 heteroatoms. The Hall–Kier alpha value is -0.610. The zero-order valence-electron chi connectivity index (χ0n) is 28.8. The van der Waals surface area contributed by atoms with Crippen LogP contribution in [-0.2, 0) is 4.79 Å². The van der Waals surface area contributed by atoms with Gasteiger partial charge < -0.3 is 15.5 Å². The van der Waals surface area contributed by atoms with Crippen LogP contribution in [0.5, 0.6) is 0 Å². The summed E-state index contributed by atoms with van der Waals surface area (Å²) in [5.74, 6) is -0.117. The minimum absolute atomic E-state index is 0.117. The highest BCUT2D eigenvalue weighted by atomic mass is 16.3. The largest absolute Gasteiger partial charge is 0.394 e. The van der Waals surface area contributed by atoms with Crippen molar-refractivity contribution in [2.75, 3.05) is 6.61 Å². The van der Waals surface area contributed by atoms with Crippen molar-refractivity contribution in [2.45, 2.75) is 231 Å². The molecule has 3 N–H and O–H groups in total. The van der Waals surface area contributed by atoms with Gasteiger partial charge in [0.1, 0.15) is 0 Å². The topological polar surface area (TPSA) is 69.6 Å². The van der Waals surface area contributed by atoms with Crippen LogP contribution in [0, 0.1) is 0 Å². The van der Waals surface area contributed by atoms with E-state index in [4.69, 9.17) is 0 Å². The number of aliphatic hydroxyl groups excluding tert-OH is 2. The fraction of sp³-hybridized carbons (Fsp3) is 0.974. The molecule has 4 nitrogen and oxygen atoms in total. The molecule has 0 rings (SSSR count). The molecule has 252 valence electrons. The van der Waals surface area contributed by atoms with Crippen molar-refractivity contribution in [1.29, 1.82) is 0 Å². The Balaban J connectivity index is 3.19. The minimum Gasteiger partial charge on any atom is -0.394 e. The molecule has 2 unspecified atom stereocenters. The van der Waals surface area contributed by atoms with Gasteiger partial charge in [0.2, 0.25) is 5.91 Å². The Morgan fingerprint density at radius 1 is 0.476 bits per heavy atom. The quantitative estimate of drug-likeness (QED) is 0.0638. The first-order chi connectivity index (χ1) is 20.7. The highest BCUT2D eigenvalue weighted by Gasteiger charge is 2.19. The summed E-state index contributed by atoms with van der Waals surface area (Å²) in [4.78, 5) is 11.5. The SMILES string of the molecule is CCCCCCCCCCCCCCCCCCCCCCCCCCCCCCCCC(O)C(CO)NC(=O)CC. The summed E-state index contributed by atoms with van der Waals surface area (Å²) in [5, 5.41) is 22.3. The van der Waals surface area contributed by atoms with Gasteiger partial charge in [0.25, 0.3) is 0 Å². The van der Waals surface area contributed by atoms with Crippen LogP contribution in [0.3, 0.4) is 0 Å². The van der Waals surface area contributed by atoms with E-state index in [1.165, 1.54) is 180 Å². The van der Waals surface area contributed by atoms with E-state index in [1.807, 2.05) is 0 Å². The molecule has 0 fully saturated rings. The highest BCUT2D eigenvalue weighted by Crippen LogP contribution is 2.17. The first-order valence-corrected chi connectivity index (χ1v) is 19.2. The lowest BCUT2D eigenvalue weighted by Gasteiger charge is -2.22. The van der Waals surface area contributed by atoms with E-state index in [1.54, 1.807) is 6.92 Å².